The van der Waals surface area contributed by atoms with Crippen molar-refractivity contribution in [2.45, 2.75) is 168 Å². The van der Waals surface area contributed by atoms with E-state index in [0.717, 1.165) is 19.3 Å². The number of hydrogen-bond acceptors (Lipinski definition) is 4. The predicted molar refractivity (Wildman–Crippen MR) is 164 cm³/mol. The highest BCUT2D eigenvalue weighted by Crippen LogP contribution is 2.11. The minimum Gasteiger partial charge on any atom is -0.457 e. The molecule has 1 unspecified atom stereocenters. The van der Waals surface area contributed by atoms with Crippen LogP contribution in [0.1, 0.15) is 162 Å². The van der Waals surface area contributed by atoms with Crippen LogP contribution in [0.4, 0.5) is 0 Å². The van der Waals surface area contributed by atoms with Crippen molar-refractivity contribution in [3.8, 4) is 0 Å². The zero-order valence-corrected chi connectivity index (χ0v) is 25.4. The molecule has 224 valence electrons. The minimum atomic E-state index is -0.536. The Hall–Kier alpha value is -1.13. The number of ether oxygens (including phenoxy) is 2. The highest BCUT2D eigenvalue weighted by Gasteiger charge is 2.13. The fraction of sp³-hybridized carbons (Fsp3) is 0.853. The first-order chi connectivity index (χ1) is 18.7. The fourth-order valence-corrected chi connectivity index (χ4v) is 4.49. The zero-order chi connectivity index (χ0) is 27.8. The van der Waals surface area contributed by atoms with Gasteiger partial charge in [-0.1, -0.05) is 115 Å². The molecule has 0 amide bonds. The van der Waals surface area contributed by atoms with Crippen molar-refractivity contribution in [3.63, 3.8) is 0 Å². The van der Waals surface area contributed by atoms with E-state index in [4.69, 9.17) is 9.47 Å². The monoisotopic (exact) mass is 536 g/mol. The molecule has 0 spiro atoms. The predicted octanol–water partition coefficient (Wildman–Crippen LogP) is 10.0. The Morgan fingerprint density at radius 2 is 1.03 bits per heavy atom. The van der Waals surface area contributed by atoms with Crippen molar-refractivity contribution >= 4 is 5.97 Å². The summed E-state index contributed by atoms with van der Waals surface area (Å²) in [6.45, 7) is 5.28. The van der Waals surface area contributed by atoms with Gasteiger partial charge in [-0.05, 0) is 64.2 Å². The second kappa shape index (κ2) is 32.1. The molecular weight excluding hydrogens is 472 g/mol. The summed E-state index contributed by atoms with van der Waals surface area (Å²) in [4.78, 5) is 12.1. The molecule has 1 atom stereocenters. The lowest BCUT2D eigenvalue weighted by Crippen LogP contribution is -2.27. The molecular formula is C34H64O4. The molecule has 0 saturated heterocycles. The summed E-state index contributed by atoms with van der Waals surface area (Å²) < 4.78 is 11.1. The van der Waals surface area contributed by atoms with E-state index in [1.807, 2.05) is 0 Å². The van der Waals surface area contributed by atoms with Gasteiger partial charge in [0.25, 0.3) is 0 Å². The van der Waals surface area contributed by atoms with Gasteiger partial charge >= 0.3 is 5.97 Å². The molecule has 38 heavy (non-hydrogen) atoms. The average molecular weight is 537 g/mol. The molecule has 0 fully saturated rings. The molecule has 0 aliphatic heterocycles. The Kier molecular flexibility index (Phi) is 31.1. The Balaban J connectivity index is 3.47. The van der Waals surface area contributed by atoms with Crippen LogP contribution in [0.5, 0.6) is 0 Å². The SMILES string of the molecule is CCCCC/C=C\CCCCCCCC(=O)OC(CO)COCCCCCCCC/C=C\CCCCCC. The highest BCUT2D eigenvalue weighted by atomic mass is 16.6. The van der Waals surface area contributed by atoms with Crippen LogP contribution in [0, 0.1) is 0 Å². The highest BCUT2D eigenvalue weighted by molar-refractivity contribution is 5.69. The van der Waals surface area contributed by atoms with Gasteiger partial charge in [0.1, 0.15) is 6.10 Å². The van der Waals surface area contributed by atoms with E-state index in [-0.39, 0.29) is 12.6 Å². The first-order valence-electron chi connectivity index (χ1n) is 16.4. The Bertz CT molecular complexity index is 529. The van der Waals surface area contributed by atoms with E-state index in [1.54, 1.807) is 0 Å². The van der Waals surface area contributed by atoms with Gasteiger partial charge in [0.15, 0.2) is 0 Å². The van der Waals surface area contributed by atoms with Crippen LogP contribution in [0.2, 0.25) is 0 Å². The molecule has 0 heterocycles. The number of carbonyl (C=O) groups excluding carboxylic acids is 1. The average Bonchev–Trinajstić information content (AvgIpc) is 2.92. The standard InChI is InChI=1S/C34H64O4/c1-3-5-7-9-11-13-15-17-18-20-22-24-26-28-30-37-32-33(31-35)38-34(36)29-27-25-23-21-19-16-14-12-10-8-6-4-2/h12-15,33,35H,3-11,16-32H2,1-2H3/b14-12-,15-13-. The van der Waals surface area contributed by atoms with E-state index in [9.17, 15) is 9.90 Å². The van der Waals surface area contributed by atoms with Crippen LogP contribution in [0.25, 0.3) is 0 Å². The van der Waals surface area contributed by atoms with Crippen LogP contribution in [0.3, 0.4) is 0 Å². The van der Waals surface area contributed by atoms with Crippen molar-refractivity contribution in [1.29, 1.82) is 0 Å². The van der Waals surface area contributed by atoms with Gasteiger partial charge in [-0.15, -0.1) is 0 Å². The van der Waals surface area contributed by atoms with Crippen molar-refractivity contribution in [2.24, 2.45) is 0 Å². The van der Waals surface area contributed by atoms with Crippen molar-refractivity contribution in [2.75, 3.05) is 19.8 Å². The van der Waals surface area contributed by atoms with Crippen LogP contribution < -0.4 is 0 Å². The number of aliphatic hydroxyl groups is 1. The minimum absolute atomic E-state index is 0.176. The molecule has 4 nitrogen and oxygen atoms in total. The summed E-state index contributed by atoms with van der Waals surface area (Å²) >= 11 is 0. The molecule has 0 aromatic heterocycles. The van der Waals surface area contributed by atoms with Gasteiger partial charge in [0, 0.05) is 13.0 Å². The van der Waals surface area contributed by atoms with Gasteiger partial charge in [-0.2, -0.15) is 0 Å². The summed E-state index contributed by atoms with van der Waals surface area (Å²) in [5.41, 5.74) is 0. The number of rotatable bonds is 30. The van der Waals surface area contributed by atoms with Gasteiger partial charge < -0.3 is 14.6 Å². The molecule has 0 bridgehead atoms. The maximum atomic E-state index is 12.1. The van der Waals surface area contributed by atoms with Crippen molar-refractivity contribution in [1.82, 2.24) is 0 Å². The fourth-order valence-electron chi connectivity index (χ4n) is 4.49. The zero-order valence-electron chi connectivity index (χ0n) is 25.4. The molecule has 0 aromatic rings. The normalized spacial score (nSPS) is 12.6. The van der Waals surface area contributed by atoms with E-state index < -0.39 is 6.10 Å². The quantitative estimate of drug-likeness (QED) is 0.0563. The molecule has 0 aliphatic rings. The molecule has 0 aliphatic carbocycles. The number of allylic oxidation sites excluding steroid dienone is 4. The Morgan fingerprint density at radius 1 is 0.605 bits per heavy atom. The number of hydrogen-bond donors (Lipinski definition) is 1. The molecule has 0 aromatic carbocycles. The number of aliphatic hydroxyl groups excluding tert-OH is 1. The summed E-state index contributed by atoms with van der Waals surface area (Å²) in [5.74, 6) is -0.214. The van der Waals surface area contributed by atoms with Crippen molar-refractivity contribution in [3.05, 3.63) is 24.3 Å². The first-order valence-corrected chi connectivity index (χ1v) is 16.4. The Morgan fingerprint density at radius 3 is 1.55 bits per heavy atom. The van der Waals surface area contributed by atoms with E-state index in [0.29, 0.717) is 19.6 Å². The van der Waals surface area contributed by atoms with E-state index >= 15 is 0 Å². The van der Waals surface area contributed by atoms with Crippen molar-refractivity contribution < 1.29 is 19.4 Å². The summed E-state index contributed by atoms with van der Waals surface area (Å²) in [7, 11) is 0. The molecule has 4 heteroatoms. The van der Waals surface area contributed by atoms with E-state index in [2.05, 4.69) is 38.2 Å². The third-order valence-corrected chi connectivity index (χ3v) is 7.00. The van der Waals surface area contributed by atoms with Gasteiger partial charge in [0.2, 0.25) is 0 Å². The third-order valence-electron chi connectivity index (χ3n) is 7.00. The van der Waals surface area contributed by atoms with E-state index in [1.165, 1.54) is 122 Å². The lowest BCUT2D eigenvalue weighted by molar-refractivity contribution is -0.154. The summed E-state index contributed by atoms with van der Waals surface area (Å²) in [6.07, 6.45) is 36.3. The Labute approximate surface area is 237 Å². The van der Waals surface area contributed by atoms with Gasteiger partial charge in [-0.25, -0.2) is 0 Å². The second-order valence-corrected chi connectivity index (χ2v) is 10.9. The number of unbranched alkanes of at least 4 members (excludes halogenated alkanes) is 18. The molecule has 0 rings (SSSR count). The number of carbonyl (C=O) groups is 1. The lowest BCUT2D eigenvalue weighted by Gasteiger charge is -2.15. The van der Waals surface area contributed by atoms with Crippen LogP contribution in [-0.4, -0.2) is 37.0 Å². The van der Waals surface area contributed by atoms with Crippen LogP contribution in [0.15, 0.2) is 24.3 Å². The first kappa shape index (κ1) is 36.9. The van der Waals surface area contributed by atoms with Gasteiger partial charge in [-0.3, -0.25) is 4.79 Å². The largest absolute Gasteiger partial charge is 0.457 e. The maximum Gasteiger partial charge on any atom is 0.306 e. The molecule has 1 N–H and O–H groups in total. The van der Waals surface area contributed by atoms with Crippen LogP contribution >= 0.6 is 0 Å². The lowest BCUT2D eigenvalue weighted by atomic mass is 10.1. The maximum absolute atomic E-state index is 12.1. The summed E-state index contributed by atoms with van der Waals surface area (Å²) in [5, 5.41) is 9.51. The molecule has 0 saturated carbocycles. The van der Waals surface area contributed by atoms with Gasteiger partial charge in [0.05, 0.1) is 13.2 Å². The second-order valence-electron chi connectivity index (χ2n) is 10.9. The third kappa shape index (κ3) is 29.4. The topological polar surface area (TPSA) is 55.8 Å². The van der Waals surface area contributed by atoms with Crippen LogP contribution in [-0.2, 0) is 14.3 Å². The molecule has 0 radical (unpaired) electrons. The number of esters is 1. The summed E-state index contributed by atoms with van der Waals surface area (Å²) in [6, 6.07) is 0. The smallest absolute Gasteiger partial charge is 0.306 e.